The van der Waals surface area contributed by atoms with Gasteiger partial charge in [0.15, 0.2) is 0 Å². The van der Waals surface area contributed by atoms with Crippen LogP contribution in [0.2, 0.25) is 0 Å². The van der Waals surface area contributed by atoms with Gasteiger partial charge in [-0.15, -0.1) is 0 Å². The van der Waals surface area contributed by atoms with Crippen molar-refractivity contribution in [3.05, 3.63) is 94.2 Å². The minimum Gasteiger partial charge on any atom is -0.497 e. The number of nitrogens with one attached hydrogen (secondary N) is 1. The highest BCUT2D eigenvalue weighted by atomic mass is 19.1. The molecule has 2 aromatic heterocycles. The van der Waals surface area contributed by atoms with Crippen molar-refractivity contribution in [2.24, 2.45) is 0 Å². The van der Waals surface area contributed by atoms with Crippen LogP contribution in [-0.4, -0.2) is 29.7 Å². The minimum atomic E-state index is -0.619. The minimum absolute atomic E-state index is 0.0635. The van der Waals surface area contributed by atoms with Gasteiger partial charge in [0.2, 0.25) is 0 Å². The average molecular weight is 433 g/mol. The van der Waals surface area contributed by atoms with Gasteiger partial charge in [0.05, 0.1) is 26.5 Å². The standard InChI is InChI=1S/C24H20FN3O4/c1-31-17-9-10-20(21(13-17)32-2)27-23(29)18-12-15-7-5-11-26-22(15)28(24(18)30)14-16-6-3-4-8-19(16)25/h3-13H,14H2,1-2H3,(H,27,29). The van der Waals surface area contributed by atoms with Crippen molar-refractivity contribution in [3.63, 3.8) is 0 Å². The zero-order chi connectivity index (χ0) is 22.7. The summed E-state index contributed by atoms with van der Waals surface area (Å²) < 4.78 is 26.0. The van der Waals surface area contributed by atoms with Crippen molar-refractivity contribution in [2.75, 3.05) is 19.5 Å². The molecular formula is C24H20FN3O4. The smallest absolute Gasteiger partial charge is 0.265 e. The summed E-state index contributed by atoms with van der Waals surface area (Å²) in [6, 6.07) is 16.0. The number of halogens is 1. The second-order valence-corrected chi connectivity index (χ2v) is 6.98. The normalized spacial score (nSPS) is 10.7. The summed E-state index contributed by atoms with van der Waals surface area (Å²) in [5.41, 5.74) is 0.379. The summed E-state index contributed by atoms with van der Waals surface area (Å²) in [6.07, 6.45) is 1.54. The number of rotatable bonds is 6. The molecule has 0 bridgehead atoms. The molecule has 0 saturated heterocycles. The Bertz CT molecular complexity index is 1370. The molecule has 8 heteroatoms. The number of hydrogen-bond donors (Lipinski definition) is 1. The lowest BCUT2D eigenvalue weighted by molar-refractivity contribution is 0.102. The number of fused-ring (bicyclic) bond motifs is 1. The number of amides is 1. The van der Waals surface area contributed by atoms with Gasteiger partial charge in [-0.3, -0.25) is 14.2 Å². The second kappa shape index (κ2) is 8.89. The van der Waals surface area contributed by atoms with Crippen LogP contribution in [0.15, 0.2) is 71.7 Å². The van der Waals surface area contributed by atoms with Gasteiger partial charge in [0, 0.05) is 23.2 Å². The van der Waals surface area contributed by atoms with Gasteiger partial charge >= 0.3 is 0 Å². The Morgan fingerprint density at radius 1 is 1.06 bits per heavy atom. The molecule has 32 heavy (non-hydrogen) atoms. The Morgan fingerprint density at radius 2 is 1.88 bits per heavy atom. The topological polar surface area (TPSA) is 82.5 Å². The molecular weight excluding hydrogens is 413 g/mol. The summed E-state index contributed by atoms with van der Waals surface area (Å²) in [5, 5.41) is 3.29. The van der Waals surface area contributed by atoms with Crippen molar-refractivity contribution in [2.45, 2.75) is 6.54 Å². The molecule has 1 N–H and O–H groups in total. The molecule has 0 saturated carbocycles. The van der Waals surface area contributed by atoms with Crippen LogP contribution in [0, 0.1) is 5.82 Å². The molecule has 0 radical (unpaired) electrons. The Morgan fingerprint density at radius 3 is 2.62 bits per heavy atom. The van der Waals surface area contributed by atoms with Crippen LogP contribution in [0.3, 0.4) is 0 Å². The molecule has 0 aliphatic heterocycles. The monoisotopic (exact) mass is 433 g/mol. The van der Waals surface area contributed by atoms with E-state index in [9.17, 15) is 14.0 Å². The van der Waals surface area contributed by atoms with E-state index in [2.05, 4.69) is 10.3 Å². The highest BCUT2D eigenvalue weighted by Gasteiger charge is 2.19. The third-order valence-corrected chi connectivity index (χ3v) is 5.04. The average Bonchev–Trinajstić information content (AvgIpc) is 2.82. The predicted molar refractivity (Wildman–Crippen MR) is 119 cm³/mol. The van der Waals surface area contributed by atoms with Crippen molar-refractivity contribution >= 4 is 22.6 Å². The first-order chi connectivity index (χ1) is 15.5. The third-order valence-electron chi connectivity index (χ3n) is 5.04. The largest absolute Gasteiger partial charge is 0.497 e. The fourth-order valence-electron chi connectivity index (χ4n) is 3.40. The zero-order valence-electron chi connectivity index (χ0n) is 17.5. The van der Waals surface area contributed by atoms with Crippen LogP contribution in [0.4, 0.5) is 10.1 Å². The van der Waals surface area contributed by atoms with Crippen LogP contribution in [0.5, 0.6) is 11.5 Å². The zero-order valence-corrected chi connectivity index (χ0v) is 17.5. The van der Waals surface area contributed by atoms with Crippen molar-refractivity contribution in [1.29, 1.82) is 0 Å². The fraction of sp³-hybridized carbons (Fsp3) is 0.125. The number of hydrogen-bond acceptors (Lipinski definition) is 5. The van der Waals surface area contributed by atoms with Gasteiger partial charge in [0.1, 0.15) is 28.5 Å². The van der Waals surface area contributed by atoms with Crippen molar-refractivity contribution < 1.29 is 18.7 Å². The first kappa shape index (κ1) is 21.0. The number of ether oxygens (including phenoxy) is 2. The molecule has 0 aliphatic rings. The van der Waals surface area contributed by atoms with E-state index in [4.69, 9.17) is 9.47 Å². The molecule has 4 rings (SSSR count). The maximum absolute atomic E-state index is 14.3. The van der Waals surface area contributed by atoms with Gasteiger partial charge < -0.3 is 14.8 Å². The van der Waals surface area contributed by atoms with Crippen LogP contribution in [-0.2, 0) is 6.54 Å². The van der Waals surface area contributed by atoms with Gasteiger partial charge in [0.25, 0.3) is 11.5 Å². The van der Waals surface area contributed by atoms with E-state index in [1.165, 1.54) is 30.9 Å². The van der Waals surface area contributed by atoms with Crippen LogP contribution >= 0.6 is 0 Å². The number of methoxy groups -OCH3 is 2. The van der Waals surface area contributed by atoms with E-state index in [0.29, 0.717) is 33.8 Å². The van der Waals surface area contributed by atoms with Gasteiger partial charge in [-0.1, -0.05) is 18.2 Å². The quantitative estimate of drug-likeness (QED) is 0.499. The van der Waals surface area contributed by atoms with E-state index in [-0.39, 0.29) is 12.1 Å². The molecule has 1 amide bonds. The first-order valence-corrected chi connectivity index (χ1v) is 9.77. The molecule has 2 aromatic carbocycles. The summed E-state index contributed by atoms with van der Waals surface area (Å²) >= 11 is 0. The van der Waals surface area contributed by atoms with Crippen molar-refractivity contribution in [3.8, 4) is 11.5 Å². The molecule has 162 valence electrons. The summed E-state index contributed by atoms with van der Waals surface area (Å²) in [5.74, 6) is -0.122. The lowest BCUT2D eigenvalue weighted by atomic mass is 10.1. The first-order valence-electron chi connectivity index (χ1n) is 9.77. The Labute approximate surface area is 183 Å². The van der Waals surface area contributed by atoms with E-state index in [1.807, 2.05) is 0 Å². The van der Waals surface area contributed by atoms with E-state index in [0.717, 1.165) is 0 Å². The van der Waals surface area contributed by atoms with E-state index in [1.54, 1.807) is 54.7 Å². The number of nitrogens with zero attached hydrogens (tertiary/aromatic N) is 2. The SMILES string of the molecule is COc1ccc(NC(=O)c2cc3cccnc3n(Cc3ccccc3F)c2=O)c(OC)c1. The van der Waals surface area contributed by atoms with Crippen LogP contribution in [0.25, 0.3) is 11.0 Å². The van der Waals surface area contributed by atoms with E-state index >= 15 is 0 Å². The van der Waals surface area contributed by atoms with Gasteiger partial charge in [-0.25, -0.2) is 9.37 Å². The predicted octanol–water partition coefficient (Wildman–Crippen LogP) is 3.85. The summed E-state index contributed by atoms with van der Waals surface area (Å²) in [7, 11) is 2.99. The Balaban J connectivity index is 1.78. The van der Waals surface area contributed by atoms with Crippen molar-refractivity contribution in [1.82, 2.24) is 9.55 Å². The summed E-state index contributed by atoms with van der Waals surface area (Å²) in [4.78, 5) is 30.6. The number of carbonyl (C=O) groups is 1. The Hall–Kier alpha value is -4.20. The fourth-order valence-corrected chi connectivity index (χ4v) is 3.40. The molecule has 0 fully saturated rings. The highest BCUT2D eigenvalue weighted by Crippen LogP contribution is 2.29. The number of anilines is 1. The number of carbonyl (C=O) groups excluding carboxylic acids is 1. The highest BCUT2D eigenvalue weighted by molar-refractivity contribution is 6.06. The third kappa shape index (κ3) is 4.02. The molecule has 2 heterocycles. The molecule has 4 aromatic rings. The van der Waals surface area contributed by atoms with Gasteiger partial charge in [-0.2, -0.15) is 0 Å². The number of pyridine rings is 2. The number of aromatic nitrogens is 2. The molecule has 0 spiro atoms. The lowest BCUT2D eigenvalue weighted by Crippen LogP contribution is -2.30. The van der Waals surface area contributed by atoms with Crippen LogP contribution in [0.1, 0.15) is 15.9 Å². The second-order valence-electron chi connectivity index (χ2n) is 6.98. The number of benzene rings is 2. The molecule has 0 aliphatic carbocycles. The molecule has 7 nitrogen and oxygen atoms in total. The molecule has 0 unspecified atom stereocenters. The summed E-state index contributed by atoms with van der Waals surface area (Å²) in [6.45, 7) is -0.0635. The maximum Gasteiger partial charge on any atom is 0.265 e. The van der Waals surface area contributed by atoms with Gasteiger partial charge in [-0.05, 0) is 36.4 Å². The lowest BCUT2D eigenvalue weighted by Gasteiger charge is -2.14. The Kier molecular flexibility index (Phi) is 5.85. The van der Waals surface area contributed by atoms with E-state index < -0.39 is 17.3 Å². The molecule has 0 atom stereocenters. The van der Waals surface area contributed by atoms with Crippen LogP contribution < -0.4 is 20.3 Å². The maximum atomic E-state index is 14.3.